The highest BCUT2D eigenvalue weighted by Crippen LogP contribution is 2.33. The Morgan fingerprint density at radius 1 is 1.23 bits per heavy atom. The average Bonchev–Trinajstić information content (AvgIpc) is 2.97. The summed E-state index contributed by atoms with van der Waals surface area (Å²) in [4.78, 5) is 28.7. The summed E-state index contributed by atoms with van der Waals surface area (Å²) in [6.07, 6.45) is 11.4. The van der Waals surface area contributed by atoms with Crippen LogP contribution >= 0.6 is 0 Å². The molecule has 2 amide bonds. The van der Waals surface area contributed by atoms with E-state index in [4.69, 9.17) is 0 Å². The first-order chi connectivity index (χ1) is 12.6. The molecular formula is C19H22N4O3. The van der Waals surface area contributed by atoms with E-state index >= 15 is 0 Å². The minimum Gasteiger partial charge on any atom is -0.391 e. The second kappa shape index (κ2) is 7.01. The van der Waals surface area contributed by atoms with Crippen molar-refractivity contribution in [2.24, 2.45) is 11.8 Å². The van der Waals surface area contributed by atoms with Crippen molar-refractivity contribution in [3.8, 4) is 0 Å². The maximum Gasteiger partial charge on any atom is 0.246 e. The van der Waals surface area contributed by atoms with Crippen molar-refractivity contribution < 1.29 is 14.7 Å². The molecule has 0 bridgehead atoms. The molecular weight excluding hydrogens is 332 g/mol. The highest BCUT2D eigenvalue weighted by Gasteiger charge is 2.50. The Balaban J connectivity index is 1.65. The molecule has 2 aliphatic heterocycles. The molecule has 1 saturated heterocycles. The van der Waals surface area contributed by atoms with Crippen LogP contribution in [0.2, 0.25) is 0 Å². The average molecular weight is 354 g/mol. The maximum atomic E-state index is 12.4. The number of hydrazine groups is 1. The summed E-state index contributed by atoms with van der Waals surface area (Å²) in [7, 11) is 0. The number of imide groups is 1. The Bertz CT molecular complexity index is 748. The molecule has 0 radical (unpaired) electrons. The number of carbonyl (C=O) groups excluding carboxylic acids is 2. The van der Waals surface area contributed by atoms with Gasteiger partial charge in [-0.1, -0.05) is 30.4 Å². The molecule has 1 aliphatic carbocycles. The van der Waals surface area contributed by atoms with Crippen molar-refractivity contribution in [3.05, 3.63) is 48.7 Å². The SMILES string of the molecule is O=C1NC(=O)C2C1C=CC(C(O)C1CC=CCC1)N2Nc1ccccn1. The molecule has 0 aromatic carbocycles. The van der Waals surface area contributed by atoms with Crippen LogP contribution in [0.5, 0.6) is 0 Å². The minimum atomic E-state index is -0.701. The molecule has 136 valence electrons. The summed E-state index contributed by atoms with van der Waals surface area (Å²) in [6, 6.07) is 4.30. The number of aromatic nitrogens is 1. The number of nitrogens with one attached hydrogen (secondary N) is 2. The molecule has 7 nitrogen and oxygen atoms in total. The fraction of sp³-hybridized carbons (Fsp3) is 0.421. The van der Waals surface area contributed by atoms with Crippen molar-refractivity contribution in [2.45, 2.75) is 37.5 Å². The number of hydrogen-bond acceptors (Lipinski definition) is 6. The minimum absolute atomic E-state index is 0.111. The summed E-state index contributed by atoms with van der Waals surface area (Å²) in [5.41, 5.74) is 3.15. The number of allylic oxidation sites excluding steroid dienone is 2. The topological polar surface area (TPSA) is 94.6 Å². The third-order valence-electron chi connectivity index (χ3n) is 5.35. The van der Waals surface area contributed by atoms with Gasteiger partial charge in [0.25, 0.3) is 0 Å². The zero-order valence-electron chi connectivity index (χ0n) is 14.3. The molecule has 1 aromatic heterocycles. The number of pyridine rings is 1. The second-order valence-corrected chi connectivity index (χ2v) is 6.97. The Morgan fingerprint density at radius 3 is 2.85 bits per heavy atom. The standard InChI is InChI=1S/C19H22N4O3/c24-17(12-6-2-1-3-7-12)14-10-9-13-16(19(26)21-18(13)25)23(14)22-15-8-4-5-11-20-15/h1-2,4-5,8-14,16-17,24H,3,6-7H2,(H,20,22)(H,21,25,26). The van der Waals surface area contributed by atoms with E-state index in [1.807, 2.05) is 12.1 Å². The lowest BCUT2D eigenvalue weighted by molar-refractivity contribution is -0.126. The van der Waals surface area contributed by atoms with Crippen LogP contribution in [0.4, 0.5) is 5.82 Å². The van der Waals surface area contributed by atoms with E-state index in [0.29, 0.717) is 5.82 Å². The van der Waals surface area contributed by atoms with E-state index in [0.717, 1.165) is 19.3 Å². The van der Waals surface area contributed by atoms with Gasteiger partial charge in [-0.05, 0) is 37.3 Å². The third-order valence-corrected chi connectivity index (χ3v) is 5.35. The summed E-state index contributed by atoms with van der Waals surface area (Å²) in [6.45, 7) is 0. The zero-order chi connectivity index (χ0) is 18.1. The number of carbonyl (C=O) groups is 2. The van der Waals surface area contributed by atoms with Crippen molar-refractivity contribution in [1.29, 1.82) is 0 Å². The number of anilines is 1. The highest BCUT2D eigenvalue weighted by atomic mass is 16.3. The molecule has 3 aliphatic rings. The molecule has 5 atom stereocenters. The Morgan fingerprint density at radius 2 is 2.12 bits per heavy atom. The van der Waals surface area contributed by atoms with Crippen LogP contribution < -0.4 is 10.7 Å². The summed E-state index contributed by atoms with van der Waals surface area (Å²) in [5.74, 6) is -0.548. The van der Waals surface area contributed by atoms with Crippen LogP contribution in [0, 0.1) is 11.8 Å². The number of amides is 2. The number of rotatable bonds is 4. The van der Waals surface area contributed by atoms with Crippen LogP contribution in [-0.2, 0) is 9.59 Å². The molecule has 26 heavy (non-hydrogen) atoms. The van der Waals surface area contributed by atoms with Crippen molar-refractivity contribution in [1.82, 2.24) is 15.3 Å². The largest absolute Gasteiger partial charge is 0.391 e. The quantitative estimate of drug-likeness (QED) is 0.552. The van der Waals surface area contributed by atoms with Crippen LogP contribution in [0.25, 0.3) is 0 Å². The Kier molecular flexibility index (Phi) is 4.57. The monoisotopic (exact) mass is 354 g/mol. The van der Waals surface area contributed by atoms with E-state index in [1.54, 1.807) is 29.4 Å². The van der Waals surface area contributed by atoms with E-state index in [-0.39, 0.29) is 17.7 Å². The van der Waals surface area contributed by atoms with Gasteiger partial charge in [-0.2, -0.15) is 5.01 Å². The number of hydrogen-bond donors (Lipinski definition) is 3. The van der Waals surface area contributed by atoms with Crippen molar-refractivity contribution >= 4 is 17.6 Å². The van der Waals surface area contributed by atoms with Gasteiger partial charge in [0.2, 0.25) is 11.8 Å². The molecule has 3 heterocycles. The third kappa shape index (κ3) is 3.04. The highest BCUT2D eigenvalue weighted by molar-refractivity contribution is 6.08. The lowest BCUT2D eigenvalue weighted by Gasteiger charge is -2.42. The first-order valence-corrected chi connectivity index (χ1v) is 8.97. The van der Waals surface area contributed by atoms with Gasteiger partial charge in [-0.15, -0.1) is 0 Å². The van der Waals surface area contributed by atoms with Gasteiger partial charge in [0.05, 0.1) is 18.1 Å². The lowest BCUT2D eigenvalue weighted by Crippen LogP contribution is -2.58. The van der Waals surface area contributed by atoms with Crippen molar-refractivity contribution in [2.75, 3.05) is 5.43 Å². The van der Waals surface area contributed by atoms with Crippen LogP contribution in [0.15, 0.2) is 48.7 Å². The summed E-state index contributed by atoms with van der Waals surface area (Å²) >= 11 is 0. The van der Waals surface area contributed by atoms with Crippen LogP contribution in [0.1, 0.15) is 19.3 Å². The van der Waals surface area contributed by atoms with Gasteiger partial charge >= 0.3 is 0 Å². The van der Waals surface area contributed by atoms with Gasteiger partial charge in [-0.3, -0.25) is 14.9 Å². The number of fused-ring (bicyclic) bond motifs is 1. The van der Waals surface area contributed by atoms with E-state index in [1.165, 1.54) is 0 Å². The number of aliphatic hydroxyl groups excluding tert-OH is 1. The second-order valence-electron chi connectivity index (χ2n) is 6.97. The van der Waals surface area contributed by atoms with E-state index in [2.05, 4.69) is 27.9 Å². The fourth-order valence-electron chi connectivity index (χ4n) is 3.98. The maximum absolute atomic E-state index is 12.4. The summed E-state index contributed by atoms with van der Waals surface area (Å²) in [5, 5.41) is 15.1. The Labute approximate surface area is 151 Å². The van der Waals surface area contributed by atoms with Crippen LogP contribution in [-0.4, -0.2) is 45.1 Å². The van der Waals surface area contributed by atoms with Gasteiger partial charge in [-0.25, -0.2) is 4.98 Å². The number of aliphatic hydroxyl groups is 1. The first kappa shape index (κ1) is 16.9. The van der Waals surface area contributed by atoms with E-state index in [9.17, 15) is 14.7 Å². The molecule has 0 saturated carbocycles. The summed E-state index contributed by atoms with van der Waals surface area (Å²) < 4.78 is 0. The fourth-order valence-corrected chi connectivity index (χ4v) is 3.98. The molecule has 0 spiro atoms. The molecule has 1 fully saturated rings. The normalized spacial score (nSPS) is 32.2. The van der Waals surface area contributed by atoms with Gasteiger partial charge in [0.15, 0.2) is 0 Å². The van der Waals surface area contributed by atoms with Gasteiger partial charge < -0.3 is 10.5 Å². The van der Waals surface area contributed by atoms with E-state index < -0.39 is 24.1 Å². The first-order valence-electron chi connectivity index (χ1n) is 8.97. The molecule has 4 rings (SSSR count). The predicted octanol–water partition coefficient (Wildman–Crippen LogP) is 1.01. The predicted molar refractivity (Wildman–Crippen MR) is 95.5 cm³/mol. The molecule has 1 aromatic rings. The van der Waals surface area contributed by atoms with Crippen molar-refractivity contribution in [3.63, 3.8) is 0 Å². The molecule has 3 N–H and O–H groups in total. The van der Waals surface area contributed by atoms with Gasteiger partial charge in [0.1, 0.15) is 11.9 Å². The molecule has 7 heteroatoms. The number of nitrogens with zero attached hydrogens (tertiary/aromatic N) is 2. The van der Waals surface area contributed by atoms with Gasteiger partial charge in [0, 0.05) is 6.20 Å². The lowest BCUT2D eigenvalue weighted by atomic mass is 9.83. The molecule has 5 unspecified atom stereocenters. The smallest absolute Gasteiger partial charge is 0.246 e. The Hall–Kier alpha value is -2.51. The van der Waals surface area contributed by atoms with Crippen LogP contribution in [0.3, 0.4) is 0 Å². The zero-order valence-corrected chi connectivity index (χ0v) is 14.3.